The maximum Gasteiger partial charge on any atom is 0.191 e. The van der Waals surface area contributed by atoms with Crippen LogP contribution in [0.4, 0.5) is 0 Å². The molecule has 0 bridgehead atoms. The predicted molar refractivity (Wildman–Crippen MR) is 106 cm³/mol. The predicted octanol–water partition coefficient (Wildman–Crippen LogP) is 2.91. The normalized spacial score (nSPS) is 17.4. The molecule has 1 aromatic heterocycles. The van der Waals surface area contributed by atoms with Crippen LogP contribution in [0.15, 0.2) is 20.9 Å². The van der Waals surface area contributed by atoms with Crippen LogP contribution in [0.25, 0.3) is 0 Å². The van der Waals surface area contributed by atoms with Gasteiger partial charge in [0, 0.05) is 56.6 Å². The Morgan fingerprint density at radius 3 is 2.88 bits per heavy atom. The van der Waals surface area contributed by atoms with Crippen LogP contribution in [0.5, 0.6) is 0 Å². The molecule has 1 saturated heterocycles. The van der Waals surface area contributed by atoms with Crippen LogP contribution in [-0.4, -0.2) is 60.9 Å². The second-order valence-electron chi connectivity index (χ2n) is 6.61. The molecule has 5 nitrogen and oxygen atoms in total. The van der Waals surface area contributed by atoms with Crippen molar-refractivity contribution in [2.45, 2.75) is 43.5 Å². The van der Waals surface area contributed by atoms with Crippen molar-refractivity contribution in [3.8, 4) is 0 Å². The number of aliphatic imine (C=N–C) groups is 1. The summed E-state index contributed by atoms with van der Waals surface area (Å²) in [5.74, 6) is 2.79. The molecule has 0 amide bonds. The second kappa shape index (κ2) is 10.9. The van der Waals surface area contributed by atoms with Crippen LogP contribution >= 0.6 is 23.1 Å². The molecule has 1 fully saturated rings. The number of rotatable bonds is 8. The van der Waals surface area contributed by atoms with Crippen molar-refractivity contribution in [3.05, 3.63) is 11.6 Å². The monoisotopic (exact) mass is 369 g/mol. The molecule has 136 valence electrons. The van der Waals surface area contributed by atoms with E-state index in [9.17, 15) is 0 Å². The number of nitrogens with zero attached hydrogens (tertiary/aromatic N) is 3. The van der Waals surface area contributed by atoms with E-state index >= 15 is 0 Å². The summed E-state index contributed by atoms with van der Waals surface area (Å²) in [6.07, 6.45) is 5.38. The lowest BCUT2D eigenvalue weighted by Gasteiger charge is -2.34. The van der Waals surface area contributed by atoms with Gasteiger partial charge in [-0.15, -0.1) is 11.3 Å². The van der Waals surface area contributed by atoms with Gasteiger partial charge in [0.25, 0.3) is 0 Å². The third-order valence-corrected chi connectivity index (χ3v) is 6.08. The highest BCUT2D eigenvalue weighted by atomic mass is 32.2. The lowest BCUT2D eigenvalue weighted by molar-refractivity contribution is 0.187. The number of aromatic nitrogens is 1. The molecule has 0 unspecified atom stereocenters. The van der Waals surface area contributed by atoms with E-state index in [4.69, 9.17) is 0 Å². The minimum absolute atomic E-state index is 0.546. The molecule has 1 aliphatic rings. The van der Waals surface area contributed by atoms with Crippen molar-refractivity contribution in [2.75, 3.05) is 39.0 Å². The highest BCUT2D eigenvalue weighted by molar-refractivity contribution is 8.00. The molecule has 2 heterocycles. The zero-order chi connectivity index (χ0) is 17.2. The van der Waals surface area contributed by atoms with Gasteiger partial charge in [0.2, 0.25) is 0 Å². The minimum Gasteiger partial charge on any atom is -0.356 e. The van der Waals surface area contributed by atoms with E-state index in [1.54, 1.807) is 11.3 Å². The van der Waals surface area contributed by atoms with Crippen molar-refractivity contribution >= 4 is 29.1 Å². The standard InChI is InChI=1S/C17H31N5S2/c1-14(2)13-22-9-5-15(6-10-22)21-16(18-3)19-7-4-11-23-17-20-8-12-24-17/h8,12,14-15H,4-7,9-11,13H2,1-3H3,(H2,18,19,21). The summed E-state index contributed by atoms with van der Waals surface area (Å²) < 4.78 is 1.16. The van der Waals surface area contributed by atoms with Gasteiger partial charge in [0.05, 0.1) is 0 Å². The first-order valence-electron chi connectivity index (χ1n) is 8.89. The number of thiazole rings is 1. The molecule has 0 aromatic carbocycles. The number of nitrogens with one attached hydrogen (secondary N) is 2. The fraction of sp³-hybridized carbons (Fsp3) is 0.765. The van der Waals surface area contributed by atoms with Gasteiger partial charge in [0.15, 0.2) is 5.96 Å². The Hall–Kier alpha value is -0.790. The third kappa shape index (κ3) is 7.40. The number of likely N-dealkylation sites (tertiary alicyclic amines) is 1. The van der Waals surface area contributed by atoms with Crippen molar-refractivity contribution in [2.24, 2.45) is 10.9 Å². The molecular formula is C17H31N5S2. The lowest BCUT2D eigenvalue weighted by Crippen LogP contribution is -2.49. The van der Waals surface area contributed by atoms with Gasteiger partial charge < -0.3 is 15.5 Å². The van der Waals surface area contributed by atoms with Crippen molar-refractivity contribution < 1.29 is 0 Å². The Kier molecular flexibility index (Phi) is 8.91. The molecule has 0 spiro atoms. The van der Waals surface area contributed by atoms with Gasteiger partial charge in [-0.05, 0) is 25.2 Å². The van der Waals surface area contributed by atoms with Gasteiger partial charge in [-0.25, -0.2) is 4.98 Å². The molecule has 24 heavy (non-hydrogen) atoms. The first-order chi connectivity index (χ1) is 11.7. The Balaban J connectivity index is 1.57. The molecular weight excluding hydrogens is 338 g/mol. The fourth-order valence-corrected chi connectivity index (χ4v) is 4.53. The van der Waals surface area contributed by atoms with Gasteiger partial charge in [-0.1, -0.05) is 25.6 Å². The molecule has 0 atom stereocenters. The van der Waals surface area contributed by atoms with E-state index in [-0.39, 0.29) is 0 Å². The molecule has 7 heteroatoms. The molecule has 0 aliphatic carbocycles. The smallest absolute Gasteiger partial charge is 0.191 e. The second-order valence-corrected chi connectivity index (χ2v) is 8.85. The Labute approximate surface area is 154 Å². The number of hydrogen-bond donors (Lipinski definition) is 2. The SMILES string of the molecule is CN=C(NCCCSc1nccs1)NC1CCN(CC(C)C)CC1. The van der Waals surface area contributed by atoms with Crippen molar-refractivity contribution in [3.63, 3.8) is 0 Å². The average Bonchev–Trinajstić information content (AvgIpc) is 3.08. The maximum absolute atomic E-state index is 4.36. The minimum atomic E-state index is 0.546. The first kappa shape index (κ1) is 19.5. The van der Waals surface area contributed by atoms with Gasteiger partial charge in [0.1, 0.15) is 4.34 Å². The van der Waals surface area contributed by atoms with Gasteiger partial charge in [-0.3, -0.25) is 4.99 Å². The zero-order valence-corrected chi connectivity index (χ0v) is 16.8. The summed E-state index contributed by atoms with van der Waals surface area (Å²) in [7, 11) is 1.85. The fourth-order valence-electron chi connectivity index (χ4n) is 2.88. The van der Waals surface area contributed by atoms with Crippen LogP contribution in [0.2, 0.25) is 0 Å². The van der Waals surface area contributed by atoms with E-state index in [2.05, 4.69) is 39.4 Å². The number of guanidine groups is 1. The molecule has 2 rings (SSSR count). The summed E-state index contributed by atoms with van der Waals surface area (Å²) in [6.45, 7) is 9.14. The summed E-state index contributed by atoms with van der Waals surface area (Å²) in [5.41, 5.74) is 0. The molecule has 1 aromatic rings. The van der Waals surface area contributed by atoms with Crippen LogP contribution in [0.1, 0.15) is 33.1 Å². The maximum atomic E-state index is 4.36. The van der Waals surface area contributed by atoms with Crippen LogP contribution < -0.4 is 10.6 Å². The lowest BCUT2D eigenvalue weighted by atomic mass is 10.0. The summed E-state index contributed by atoms with van der Waals surface area (Å²) >= 11 is 3.54. The number of thioether (sulfide) groups is 1. The highest BCUT2D eigenvalue weighted by Crippen LogP contribution is 2.20. The van der Waals surface area contributed by atoms with Crippen molar-refractivity contribution in [1.29, 1.82) is 0 Å². The molecule has 1 aliphatic heterocycles. The van der Waals surface area contributed by atoms with E-state index in [1.807, 2.05) is 30.4 Å². The van der Waals surface area contributed by atoms with E-state index in [0.717, 1.165) is 34.9 Å². The number of piperidine rings is 1. The topological polar surface area (TPSA) is 52.6 Å². The summed E-state index contributed by atoms with van der Waals surface area (Å²) in [6, 6.07) is 0.546. The summed E-state index contributed by atoms with van der Waals surface area (Å²) in [4.78, 5) is 11.2. The van der Waals surface area contributed by atoms with Crippen LogP contribution in [-0.2, 0) is 0 Å². The van der Waals surface area contributed by atoms with Gasteiger partial charge in [-0.2, -0.15) is 0 Å². The quantitative estimate of drug-likeness (QED) is 0.319. The zero-order valence-electron chi connectivity index (χ0n) is 15.1. The van der Waals surface area contributed by atoms with Crippen molar-refractivity contribution in [1.82, 2.24) is 20.5 Å². The first-order valence-corrected chi connectivity index (χ1v) is 10.8. The van der Waals surface area contributed by atoms with Gasteiger partial charge >= 0.3 is 0 Å². The Morgan fingerprint density at radius 1 is 1.46 bits per heavy atom. The van der Waals surface area contributed by atoms with Crippen LogP contribution in [0.3, 0.4) is 0 Å². The van der Waals surface area contributed by atoms with E-state index in [0.29, 0.717) is 6.04 Å². The summed E-state index contributed by atoms with van der Waals surface area (Å²) in [5, 5.41) is 9.04. The van der Waals surface area contributed by atoms with E-state index in [1.165, 1.54) is 32.5 Å². The van der Waals surface area contributed by atoms with Crippen LogP contribution in [0, 0.1) is 5.92 Å². The Bertz CT molecular complexity index is 467. The Morgan fingerprint density at radius 2 is 2.25 bits per heavy atom. The largest absolute Gasteiger partial charge is 0.356 e. The number of hydrogen-bond acceptors (Lipinski definition) is 5. The third-order valence-electron chi connectivity index (χ3n) is 4.02. The molecule has 2 N–H and O–H groups in total. The molecule has 0 saturated carbocycles. The average molecular weight is 370 g/mol. The highest BCUT2D eigenvalue weighted by Gasteiger charge is 2.20. The van der Waals surface area contributed by atoms with E-state index < -0.39 is 0 Å². The molecule has 0 radical (unpaired) electrons.